The number of hydrogen-bond acceptors (Lipinski definition) is 3. The van der Waals surface area contributed by atoms with Crippen LogP contribution in [0, 0.1) is 0 Å². The molecule has 0 aliphatic heterocycles. The van der Waals surface area contributed by atoms with Crippen molar-refractivity contribution in [1.29, 1.82) is 0 Å². The Morgan fingerprint density at radius 1 is 1.57 bits per heavy atom. The number of nitrogens with one attached hydrogen (secondary N) is 2. The van der Waals surface area contributed by atoms with Gasteiger partial charge in [-0.25, -0.2) is 4.98 Å². The number of carbonyl (C=O) groups excluding carboxylic acids is 1. The fraction of sp³-hybridized carbons (Fsp3) is 0.111. The van der Waals surface area contributed by atoms with Crippen LogP contribution in [0.25, 0.3) is 11.0 Å². The normalized spacial score (nSPS) is 10.3. The summed E-state index contributed by atoms with van der Waals surface area (Å²) in [7, 11) is 0. The van der Waals surface area contributed by atoms with E-state index >= 15 is 0 Å². The fourth-order valence-corrected chi connectivity index (χ4v) is 1.30. The molecule has 0 fully saturated rings. The largest absolute Gasteiger partial charge is 0.399 e. The molecule has 14 heavy (non-hydrogen) atoms. The molecule has 0 atom stereocenters. The van der Waals surface area contributed by atoms with E-state index in [2.05, 4.69) is 15.3 Å². The molecule has 2 rings (SSSR count). The lowest BCUT2D eigenvalue weighted by Crippen LogP contribution is -2.10. The zero-order valence-corrected chi connectivity index (χ0v) is 7.45. The van der Waals surface area contributed by atoms with Gasteiger partial charge in [-0.05, 0) is 18.2 Å². The number of nitrogens with zero attached hydrogens (tertiary/aromatic N) is 1. The van der Waals surface area contributed by atoms with E-state index in [0.717, 1.165) is 16.9 Å². The van der Waals surface area contributed by atoms with Crippen LogP contribution in [0.4, 0.5) is 5.69 Å². The zero-order chi connectivity index (χ0) is 9.97. The third-order valence-electron chi connectivity index (χ3n) is 1.91. The molecule has 1 amide bonds. The third-order valence-corrected chi connectivity index (χ3v) is 1.91. The van der Waals surface area contributed by atoms with Crippen LogP contribution in [-0.4, -0.2) is 16.4 Å². The number of amides is 1. The van der Waals surface area contributed by atoms with Gasteiger partial charge in [-0.1, -0.05) is 0 Å². The molecule has 1 aromatic heterocycles. The van der Waals surface area contributed by atoms with E-state index < -0.39 is 0 Å². The SMILES string of the molecule is Nc1ccc2nc(CNC=O)[nH]c2c1. The summed E-state index contributed by atoms with van der Waals surface area (Å²) in [4.78, 5) is 17.4. The first-order chi connectivity index (χ1) is 6.79. The highest BCUT2D eigenvalue weighted by molar-refractivity contribution is 5.78. The monoisotopic (exact) mass is 190 g/mol. The van der Waals surface area contributed by atoms with Gasteiger partial charge in [-0.2, -0.15) is 0 Å². The maximum absolute atomic E-state index is 10.1. The quantitative estimate of drug-likeness (QED) is 0.483. The third kappa shape index (κ3) is 1.52. The Labute approximate surface area is 80.3 Å². The van der Waals surface area contributed by atoms with Crippen LogP contribution < -0.4 is 11.1 Å². The molecular formula is C9H10N4O. The molecule has 72 valence electrons. The second-order valence-corrected chi connectivity index (χ2v) is 2.96. The Kier molecular flexibility index (Phi) is 2.06. The van der Waals surface area contributed by atoms with Crippen molar-refractivity contribution >= 4 is 23.1 Å². The van der Waals surface area contributed by atoms with E-state index in [9.17, 15) is 4.79 Å². The molecule has 1 aromatic carbocycles. The first-order valence-electron chi connectivity index (χ1n) is 4.21. The molecule has 0 unspecified atom stereocenters. The summed E-state index contributed by atoms with van der Waals surface area (Å²) < 4.78 is 0. The molecule has 5 nitrogen and oxygen atoms in total. The lowest BCUT2D eigenvalue weighted by atomic mass is 10.3. The number of imidazole rings is 1. The molecule has 0 saturated heterocycles. The molecule has 0 aliphatic rings. The van der Waals surface area contributed by atoms with Gasteiger partial charge in [-0.3, -0.25) is 4.79 Å². The van der Waals surface area contributed by atoms with Crippen LogP contribution in [0.3, 0.4) is 0 Å². The highest BCUT2D eigenvalue weighted by atomic mass is 16.1. The van der Waals surface area contributed by atoms with E-state index in [4.69, 9.17) is 5.73 Å². The minimum atomic E-state index is 0.401. The van der Waals surface area contributed by atoms with Crippen LogP contribution in [0.1, 0.15) is 5.82 Å². The van der Waals surface area contributed by atoms with Gasteiger partial charge in [0.05, 0.1) is 17.6 Å². The van der Waals surface area contributed by atoms with Gasteiger partial charge in [0, 0.05) is 5.69 Å². The minimum Gasteiger partial charge on any atom is -0.399 e. The Morgan fingerprint density at radius 2 is 2.43 bits per heavy atom. The summed E-state index contributed by atoms with van der Waals surface area (Å²) in [5.41, 5.74) is 8.04. The number of benzene rings is 1. The van der Waals surface area contributed by atoms with Crippen molar-refractivity contribution in [1.82, 2.24) is 15.3 Å². The first-order valence-corrected chi connectivity index (χ1v) is 4.21. The molecule has 2 aromatic rings. The summed E-state index contributed by atoms with van der Waals surface area (Å²) in [6, 6.07) is 5.44. The number of aromatic amines is 1. The Hall–Kier alpha value is -2.04. The van der Waals surface area contributed by atoms with E-state index in [1.165, 1.54) is 0 Å². The smallest absolute Gasteiger partial charge is 0.207 e. The number of fused-ring (bicyclic) bond motifs is 1. The second-order valence-electron chi connectivity index (χ2n) is 2.96. The average Bonchev–Trinajstić information content (AvgIpc) is 2.56. The van der Waals surface area contributed by atoms with Gasteiger partial charge in [0.25, 0.3) is 0 Å². The lowest BCUT2D eigenvalue weighted by Gasteiger charge is -1.91. The van der Waals surface area contributed by atoms with Crippen LogP contribution in [0.2, 0.25) is 0 Å². The van der Waals surface area contributed by atoms with Gasteiger partial charge in [0.2, 0.25) is 6.41 Å². The first kappa shape index (κ1) is 8.55. The van der Waals surface area contributed by atoms with Crippen molar-refractivity contribution in [2.24, 2.45) is 0 Å². The lowest BCUT2D eigenvalue weighted by molar-refractivity contribution is -0.109. The van der Waals surface area contributed by atoms with Gasteiger partial charge in [-0.15, -0.1) is 0 Å². The van der Waals surface area contributed by atoms with Gasteiger partial charge in [0.1, 0.15) is 5.82 Å². The number of hydrogen-bond donors (Lipinski definition) is 3. The van der Waals surface area contributed by atoms with Crippen molar-refractivity contribution in [3.8, 4) is 0 Å². The molecular weight excluding hydrogens is 180 g/mol. The molecule has 5 heteroatoms. The van der Waals surface area contributed by atoms with E-state index in [-0.39, 0.29) is 0 Å². The Balaban J connectivity index is 2.36. The summed E-state index contributed by atoms with van der Waals surface area (Å²) in [6.45, 7) is 0.401. The van der Waals surface area contributed by atoms with E-state index in [1.807, 2.05) is 12.1 Å². The van der Waals surface area contributed by atoms with Crippen molar-refractivity contribution in [3.63, 3.8) is 0 Å². The van der Waals surface area contributed by atoms with E-state index in [0.29, 0.717) is 18.6 Å². The number of carbonyl (C=O) groups is 1. The van der Waals surface area contributed by atoms with Crippen molar-refractivity contribution in [2.75, 3.05) is 5.73 Å². The van der Waals surface area contributed by atoms with Gasteiger partial charge >= 0.3 is 0 Å². The number of nitrogens with two attached hydrogens (primary N) is 1. The number of H-pyrrole nitrogens is 1. The number of rotatable bonds is 3. The molecule has 0 spiro atoms. The Bertz CT molecular complexity index is 463. The predicted octanol–water partition coefficient (Wildman–Crippen LogP) is 0.391. The highest BCUT2D eigenvalue weighted by Crippen LogP contribution is 2.14. The fourth-order valence-electron chi connectivity index (χ4n) is 1.30. The molecule has 4 N–H and O–H groups in total. The molecule has 0 bridgehead atoms. The number of nitrogen functional groups attached to an aromatic ring is 1. The summed E-state index contributed by atoms with van der Waals surface area (Å²) in [5.74, 6) is 0.720. The summed E-state index contributed by atoms with van der Waals surface area (Å²) >= 11 is 0. The minimum absolute atomic E-state index is 0.401. The van der Waals surface area contributed by atoms with Gasteiger partial charge < -0.3 is 16.0 Å². The maximum Gasteiger partial charge on any atom is 0.207 e. The van der Waals surface area contributed by atoms with Crippen molar-refractivity contribution in [3.05, 3.63) is 24.0 Å². The molecule has 0 aliphatic carbocycles. The van der Waals surface area contributed by atoms with Crippen LogP contribution in [0.5, 0.6) is 0 Å². The van der Waals surface area contributed by atoms with Crippen molar-refractivity contribution < 1.29 is 4.79 Å². The Morgan fingerprint density at radius 3 is 3.21 bits per heavy atom. The van der Waals surface area contributed by atoms with Crippen LogP contribution in [-0.2, 0) is 11.3 Å². The second kappa shape index (κ2) is 3.37. The van der Waals surface area contributed by atoms with Crippen LogP contribution in [0.15, 0.2) is 18.2 Å². The average molecular weight is 190 g/mol. The van der Waals surface area contributed by atoms with Gasteiger partial charge in [0.15, 0.2) is 0 Å². The summed E-state index contributed by atoms with van der Waals surface area (Å²) in [6.07, 6.45) is 0.640. The predicted molar refractivity (Wildman–Crippen MR) is 53.4 cm³/mol. The topological polar surface area (TPSA) is 83.8 Å². The number of aromatic nitrogens is 2. The number of anilines is 1. The summed E-state index contributed by atoms with van der Waals surface area (Å²) in [5, 5.41) is 2.53. The standard InChI is InChI=1S/C9H10N4O/c10-6-1-2-7-8(3-6)13-9(12-7)4-11-5-14/h1-3,5H,4,10H2,(H,11,14)(H,12,13). The van der Waals surface area contributed by atoms with Crippen molar-refractivity contribution in [2.45, 2.75) is 6.54 Å². The highest BCUT2D eigenvalue weighted by Gasteiger charge is 2.01. The maximum atomic E-state index is 10.1. The molecule has 1 heterocycles. The van der Waals surface area contributed by atoms with Crippen LogP contribution >= 0.6 is 0 Å². The molecule has 0 saturated carbocycles. The zero-order valence-electron chi connectivity index (χ0n) is 7.45. The molecule has 0 radical (unpaired) electrons. The van der Waals surface area contributed by atoms with E-state index in [1.54, 1.807) is 6.07 Å².